The monoisotopic (exact) mass is 448 g/mol. The smallest absolute Gasteiger partial charge is 0.282 e. The highest BCUT2D eigenvalue weighted by molar-refractivity contribution is 6.45. The first-order valence-electron chi connectivity index (χ1n) is 11.6. The van der Waals surface area contributed by atoms with Gasteiger partial charge in [0.05, 0.1) is 24.5 Å². The van der Waals surface area contributed by atoms with Gasteiger partial charge in [-0.2, -0.15) is 0 Å². The topological polar surface area (TPSA) is 59.1 Å². The molecule has 0 aromatic heterocycles. The van der Waals surface area contributed by atoms with Gasteiger partial charge in [0.2, 0.25) is 0 Å². The molecule has 6 heteroatoms. The van der Waals surface area contributed by atoms with Gasteiger partial charge in [0.15, 0.2) is 0 Å². The van der Waals surface area contributed by atoms with Crippen molar-refractivity contribution < 1.29 is 19.1 Å². The van der Waals surface area contributed by atoms with E-state index in [1.807, 2.05) is 38.1 Å². The van der Waals surface area contributed by atoms with Gasteiger partial charge in [-0.15, -0.1) is 0 Å². The Bertz CT molecular complexity index is 1060. The van der Waals surface area contributed by atoms with Crippen LogP contribution in [0.3, 0.4) is 0 Å². The first-order valence-corrected chi connectivity index (χ1v) is 11.6. The van der Waals surface area contributed by atoms with Gasteiger partial charge in [-0.1, -0.05) is 32.0 Å². The molecule has 0 bridgehead atoms. The number of methoxy groups -OCH3 is 1. The largest absolute Gasteiger partial charge is 0.496 e. The summed E-state index contributed by atoms with van der Waals surface area (Å²) in [6, 6.07) is 14.5. The van der Waals surface area contributed by atoms with Gasteiger partial charge in [0.25, 0.3) is 11.8 Å². The van der Waals surface area contributed by atoms with Crippen LogP contribution in [-0.4, -0.2) is 43.0 Å². The predicted molar refractivity (Wildman–Crippen MR) is 129 cm³/mol. The second kappa shape index (κ2) is 9.30. The molecule has 0 radical (unpaired) electrons. The highest BCUT2D eigenvalue weighted by Crippen LogP contribution is 2.40. The van der Waals surface area contributed by atoms with E-state index in [-0.39, 0.29) is 17.9 Å². The van der Waals surface area contributed by atoms with Crippen molar-refractivity contribution in [3.05, 3.63) is 59.8 Å². The van der Waals surface area contributed by atoms with Crippen molar-refractivity contribution in [2.45, 2.75) is 40.2 Å². The van der Waals surface area contributed by atoms with Gasteiger partial charge in [0, 0.05) is 18.7 Å². The molecule has 2 heterocycles. The fourth-order valence-corrected chi connectivity index (χ4v) is 4.93. The summed E-state index contributed by atoms with van der Waals surface area (Å²) >= 11 is 0. The molecule has 2 atom stereocenters. The molecule has 2 aromatic carbocycles. The molecule has 6 nitrogen and oxygen atoms in total. The standard InChI is InChI=1S/C27H32N2O4/c1-17(2)33-21-12-10-20(11-13-21)29-26(30)24(22-8-6-7-9-23(22)32-5)25(27(29)31)28-15-18(3)14-19(4)16-28/h6-13,17-19H,14-16H2,1-5H3. The van der Waals surface area contributed by atoms with Crippen LogP contribution in [0.15, 0.2) is 54.2 Å². The lowest BCUT2D eigenvalue weighted by Crippen LogP contribution is -2.42. The van der Waals surface area contributed by atoms with Gasteiger partial charge in [0.1, 0.15) is 17.2 Å². The average Bonchev–Trinajstić information content (AvgIpc) is 3.03. The molecule has 2 aliphatic rings. The number of likely N-dealkylation sites (tertiary alicyclic amines) is 1. The molecule has 2 aliphatic heterocycles. The number of nitrogens with zero attached hydrogens (tertiary/aromatic N) is 2. The third-order valence-electron chi connectivity index (χ3n) is 6.09. The lowest BCUT2D eigenvalue weighted by molar-refractivity contribution is -0.120. The Morgan fingerprint density at radius 1 is 0.909 bits per heavy atom. The molecule has 2 aromatic rings. The minimum Gasteiger partial charge on any atom is -0.496 e. The molecule has 0 saturated carbocycles. The van der Waals surface area contributed by atoms with E-state index in [2.05, 4.69) is 18.7 Å². The molecule has 0 aliphatic carbocycles. The summed E-state index contributed by atoms with van der Waals surface area (Å²) in [5.41, 5.74) is 2.04. The molecule has 1 fully saturated rings. The highest BCUT2D eigenvalue weighted by Gasteiger charge is 2.44. The molecule has 1 saturated heterocycles. The lowest BCUT2D eigenvalue weighted by atomic mass is 9.91. The summed E-state index contributed by atoms with van der Waals surface area (Å²) < 4.78 is 11.3. The third-order valence-corrected chi connectivity index (χ3v) is 6.09. The minimum absolute atomic E-state index is 0.0411. The minimum atomic E-state index is -0.331. The van der Waals surface area contributed by atoms with Gasteiger partial charge < -0.3 is 14.4 Å². The van der Waals surface area contributed by atoms with Crippen LogP contribution in [0.2, 0.25) is 0 Å². The SMILES string of the molecule is COc1ccccc1C1=C(N2CC(C)CC(C)C2)C(=O)N(c2ccc(OC(C)C)cc2)C1=O. The number of para-hydroxylation sites is 1. The molecule has 2 unspecified atom stereocenters. The molecular weight excluding hydrogens is 416 g/mol. The average molecular weight is 449 g/mol. The first-order chi connectivity index (χ1) is 15.8. The highest BCUT2D eigenvalue weighted by atomic mass is 16.5. The molecule has 2 amide bonds. The normalized spacial score (nSPS) is 21.3. The number of hydrogen-bond donors (Lipinski definition) is 0. The van der Waals surface area contributed by atoms with E-state index >= 15 is 0 Å². The van der Waals surface area contributed by atoms with Gasteiger partial charge in [-0.25, -0.2) is 4.90 Å². The fourth-order valence-electron chi connectivity index (χ4n) is 4.93. The molecule has 4 rings (SSSR count). The number of ether oxygens (including phenoxy) is 2. The van der Waals surface area contributed by atoms with Crippen molar-refractivity contribution in [1.29, 1.82) is 0 Å². The van der Waals surface area contributed by atoms with E-state index in [1.165, 1.54) is 4.90 Å². The Morgan fingerprint density at radius 2 is 1.55 bits per heavy atom. The van der Waals surface area contributed by atoms with Gasteiger partial charge in [-0.05, 0) is 62.4 Å². The third kappa shape index (κ3) is 4.47. The second-order valence-electron chi connectivity index (χ2n) is 9.38. The summed E-state index contributed by atoms with van der Waals surface area (Å²) in [7, 11) is 1.58. The van der Waals surface area contributed by atoms with Crippen molar-refractivity contribution >= 4 is 23.1 Å². The van der Waals surface area contributed by atoms with Crippen LogP contribution in [0.25, 0.3) is 5.57 Å². The zero-order valence-electron chi connectivity index (χ0n) is 20.0. The maximum Gasteiger partial charge on any atom is 0.282 e. The maximum atomic E-state index is 13.8. The Hall–Kier alpha value is -3.28. The van der Waals surface area contributed by atoms with E-state index in [9.17, 15) is 9.59 Å². The van der Waals surface area contributed by atoms with E-state index in [1.54, 1.807) is 31.4 Å². The zero-order valence-corrected chi connectivity index (χ0v) is 20.0. The second-order valence-corrected chi connectivity index (χ2v) is 9.38. The van der Waals surface area contributed by atoms with Crippen LogP contribution in [-0.2, 0) is 9.59 Å². The van der Waals surface area contributed by atoms with Crippen molar-refractivity contribution in [3.8, 4) is 11.5 Å². The van der Waals surface area contributed by atoms with Crippen LogP contribution in [0.4, 0.5) is 5.69 Å². The molecule has 174 valence electrons. The van der Waals surface area contributed by atoms with Crippen LogP contribution >= 0.6 is 0 Å². The Kier molecular flexibility index (Phi) is 6.45. The van der Waals surface area contributed by atoms with Crippen molar-refractivity contribution in [1.82, 2.24) is 4.90 Å². The maximum absolute atomic E-state index is 13.8. The number of benzene rings is 2. The van der Waals surface area contributed by atoms with Crippen molar-refractivity contribution in [2.75, 3.05) is 25.1 Å². The van der Waals surface area contributed by atoms with Crippen LogP contribution in [0, 0.1) is 11.8 Å². The lowest BCUT2D eigenvalue weighted by Gasteiger charge is -2.37. The fraction of sp³-hybridized carbons (Fsp3) is 0.407. The van der Waals surface area contributed by atoms with Crippen LogP contribution in [0.5, 0.6) is 11.5 Å². The van der Waals surface area contributed by atoms with Crippen molar-refractivity contribution in [2.24, 2.45) is 11.8 Å². The molecule has 0 N–H and O–H groups in total. The van der Waals surface area contributed by atoms with E-state index in [0.29, 0.717) is 45.9 Å². The van der Waals surface area contributed by atoms with Crippen molar-refractivity contribution in [3.63, 3.8) is 0 Å². The number of carbonyl (C=O) groups excluding carboxylic acids is 2. The number of hydrogen-bond acceptors (Lipinski definition) is 5. The summed E-state index contributed by atoms with van der Waals surface area (Å²) in [4.78, 5) is 31.0. The zero-order chi connectivity index (χ0) is 23.7. The molecule has 0 spiro atoms. The number of amides is 2. The number of carbonyl (C=O) groups is 2. The number of rotatable bonds is 6. The number of anilines is 1. The van der Waals surface area contributed by atoms with Gasteiger partial charge in [-0.3, -0.25) is 9.59 Å². The summed E-state index contributed by atoms with van der Waals surface area (Å²) in [6.45, 7) is 9.78. The quantitative estimate of drug-likeness (QED) is 0.597. The van der Waals surface area contributed by atoms with E-state index in [4.69, 9.17) is 9.47 Å². The first kappa shape index (κ1) is 22.9. The van der Waals surface area contributed by atoms with Gasteiger partial charge >= 0.3 is 0 Å². The Balaban J connectivity index is 1.79. The Morgan fingerprint density at radius 3 is 2.15 bits per heavy atom. The Labute approximate surface area is 195 Å². The predicted octanol–water partition coefficient (Wildman–Crippen LogP) is 4.74. The van der Waals surface area contributed by atoms with E-state index < -0.39 is 0 Å². The number of piperidine rings is 1. The summed E-state index contributed by atoms with van der Waals surface area (Å²) in [5, 5.41) is 0. The van der Waals surface area contributed by atoms with Crippen LogP contribution < -0.4 is 14.4 Å². The summed E-state index contributed by atoms with van der Waals surface area (Å²) in [5.74, 6) is 1.52. The number of imide groups is 1. The molecule has 33 heavy (non-hydrogen) atoms. The molecular formula is C27H32N2O4. The van der Waals surface area contributed by atoms with E-state index in [0.717, 1.165) is 19.5 Å². The van der Waals surface area contributed by atoms with Crippen LogP contribution in [0.1, 0.15) is 39.7 Å². The summed E-state index contributed by atoms with van der Waals surface area (Å²) in [6.07, 6.45) is 1.15.